The van der Waals surface area contributed by atoms with Gasteiger partial charge in [0.15, 0.2) is 5.78 Å². The fourth-order valence-electron chi connectivity index (χ4n) is 2.05. The summed E-state index contributed by atoms with van der Waals surface area (Å²) in [6, 6.07) is 5.99. The molecule has 1 aromatic carbocycles. The van der Waals surface area contributed by atoms with Crippen molar-refractivity contribution < 1.29 is 19.4 Å². The highest BCUT2D eigenvalue weighted by atomic mass is 16.5. The molecule has 0 saturated carbocycles. The predicted octanol–water partition coefficient (Wildman–Crippen LogP) is 1.21. The minimum atomic E-state index is -0.405. The first-order chi connectivity index (χ1) is 9.08. The zero-order chi connectivity index (χ0) is 13.8. The minimum Gasteiger partial charge on any atom is -0.508 e. The quantitative estimate of drug-likeness (QED) is 0.829. The Morgan fingerprint density at radius 3 is 2.63 bits per heavy atom. The van der Waals surface area contributed by atoms with Gasteiger partial charge in [-0.25, -0.2) is 0 Å². The molecule has 1 N–H and O–H groups in total. The molecule has 1 saturated heterocycles. The van der Waals surface area contributed by atoms with Crippen LogP contribution in [0.3, 0.4) is 0 Å². The number of amides is 1. The summed E-state index contributed by atoms with van der Waals surface area (Å²) in [4.78, 5) is 25.3. The molecular weight excluding hydrogens is 246 g/mol. The molecule has 1 aliphatic heterocycles. The summed E-state index contributed by atoms with van der Waals surface area (Å²) >= 11 is 0. The minimum absolute atomic E-state index is 0.0173. The summed E-state index contributed by atoms with van der Waals surface area (Å²) in [6.07, 6.45) is 1.20. The van der Waals surface area contributed by atoms with E-state index in [1.807, 2.05) is 0 Å². The number of nitrogens with zero attached hydrogens (tertiary/aromatic N) is 1. The molecule has 0 unspecified atom stereocenters. The molecule has 0 aliphatic carbocycles. The standard InChI is InChI=1S/C14H17NO4/c1-15(14(18)13-3-2-8-19-13)9-12(17)10-4-6-11(16)7-5-10/h4-7,13,16H,2-3,8-9H2,1H3/t13-/m1/s1. The molecule has 1 heterocycles. The van der Waals surface area contributed by atoms with Crippen molar-refractivity contribution in [3.8, 4) is 5.75 Å². The number of ketones is 1. The number of Topliss-reactive ketones (excluding diaryl/α,β-unsaturated/α-hetero) is 1. The second-order valence-corrected chi connectivity index (χ2v) is 4.67. The van der Waals surface area contributed by atoms with Crippen LogP contribution in [-0.4, -0.2) is 48.0 Å². The lowest BCUT2D eigenvalue weighted by molar-refractivity contribution is -0.139. The van der Waals surface area contributed by atoms with E-state index in [0.717, 1.165) is 12.8 Å². The lowest BCUT2D eigenvalue weighted by atomic mass is 10.1. The van der Waals surface area contributed by atoms with Crippen LogP contribution in [0, 0.1) is 0 Å². The largest absolute Gasteiger partial charge is 0.508 e. The average molecular weight is 263 g/mol. The molecular formula is C14H17NO4. The van der Waals surface area contributed by atoms with Crippen molar-refractivity contribution in [1.82, 2.24) is 4.90 Å². The Hall–Kier alpha value is -1.88. The summed E-state index contributed by atoms with van der Waals surface area (Å²) < 4.78 is 5.30. The Morgan fingerprint density at radius 2 is 2.05 bits per heavy atom. The Labute approximate surface area is 111 Å². The maximum absolute atomic E-state index is 12.0. The molecule has 1 atom stereocenters. The molecule has 1 amide bonds. The molecule has 5 heteroatoms. The number of hydrogen-bond acceptors (Lipinski definition) is 4. The van der Waals surface area contributed by atoms with Gasteiger partial charge in [-0.05, 0) is 37.1 Å². The number of carbonyl (C=O) groups is 2. The van der Waals surface area contributed by atoms with Gasteiger partial charge in [0.2, 0.25) is 0 Å². The monoisotopic (exact) mass is 263 g/mol. The van der Waals surface area contributed by atoms with Gasteiger partial charge in [-0.15, -0.1) is 0 Å². The number of rotatable bonds is 4. The number of aromatic hydroxyl groups is 1. The zero-order valence-electron chi connectivity index (χ0n) is 10.8. The maximum Gasteiger partial charge on any atom is 0.251 e. The van der Waals surface area contributed by atoms with Crippen molar-refractivity contribution in [2.24, 2.45) is 0 Å². The van der Waals surface area contributed by atoms with Crippen molar-refractivity contribution >= 4 is 11.7 Å². The van der Waals surface area contributed by atoms with Gasteiger partial charge >= 0.3 is 0 Å². The van der Waals surface area contributed by atoms with Crippen molar-refractivity contribution in [3.63, 3.8) is 0 Å². The van der Waals surface area contributed by atoms with Crippen LogP contribution in [0.4, 0.5) is 0 Å². The first-order valence-electron chi connectivity index (χ1n) is 6.27. The SMILES string of the molecule is CN(CC(=O)c1ccc(O)cc1)C(=O)[C@H]1CCCO1. The molecule has 0 aromatic heterocycles. The van der Waals surface area contributed by atoms with E-state index in [-0.39, 0.29) is 24.0 Å². The summed E-state index contributed by atoms with van der Waals surface area (Å²) in [5.41, 5.74) is 0.477. The van der Waals surface area contributed by atoms with E-state index in [0.29, 0.717) is 12.2 Å². The van der Waals surface area contributed by atoms with Crippen molar-refractivity contribution in [2.45, 2.75) is 18.9 Å². The molecule has 5 nitrogen and oxygen atoms in total. The van der Waals surface area contributed by atoms with Crippen LogP contribution in [0.1, 0.15) is 23.2 Å². The molecule has 2 rings (SSSR count). The number of carbonyl (C=O) groups excluding carboxylic acids is 2. The Bertz CT molecular complexity index is 463. The van der Waals surface area contributed by atoms with Gasteiger partial charge in [0, 0.05) is 19.2 Å². The van der Waals surface area contributed by atoms with Crippen LogP contribution in [0.15, 0.2) is 24.3 Å². The third-order valence-corrected chi connectivity index (χ3v) is 3.15. The fraction of sp³-hybridized carbons (Fsp3) is 0.429. The van der Waals surface area contributed by atoms with Crippen LogP contribution in [0.2, 0.25) is 0 Å². The summed E-state index contributed by atoms with van der Waals surface area (Å²) in [7, 11) is 1.60. The number of ether oxygens (including phenoxy) is 1. The van der Waals surface area contributed by atoms with E-state index in [2.05, 4.69) is 0 Å². The lowest BCUT2D eigenvalue weighted by Gasteiger charge is -2.19. The number of phenols is 1. The molecule has 1 fully saturated rings. The van der Waals surface area contributed by atoms with Gasteiger partial charge in [0.25, 0.3) is 5.91 Å². The zero-order valence-corrected chi connectivity index (χ0v) is 10.8. The highest BCUT2D eigenvalue weighted by Gasteiger charge is 2.27. The van der Waals surface area contributed by atoms with Crippen LogP contribution in [0.5, 0.6) is 5.75 Å². The number of benzene rings is 1. The van der Waals surface area contributed by atoms with Gasteiger partial charge < -0.3 is 14.7 Å². The highest BCUT2D eigenvalue weighted by Crippen LogP contribution is 2.15. The number of hydrogen-bond donors (Lipinski definition) is 1. The third-order valence-electron chi connectivity index (χ3n) is 3.15. The molecule has 0 spiro atoms. The van der Waals surface area contributed by atoms with E-state index in [4.69, 9.17) is 9.84 Å². The van der Waals surface area contributed by atoms with Gasteiger partial charge in [-0.3, -0.25) is 9.59 Å². The molecule has 0 bridgehead atoms. The first kappa shape index (κ1) is 13.5. The normalized spacial score (nSPS) is 18.3. The third kappa shape index (κ3) is 3.32. The Morgan fingerprint density at radius 1 is 1.37 bits per heavy atom. The van der Waals surface area contributed by atoms with Crippen LogP contribution in [-0.2, 0) is 9.53 Å². The molecule has 0 radical (unpaired) electrons. The average Bonchev–Trinajstić information content (AvgIpc) is 2.92. The maximum atomic E-state index is 12.0. The second-order valence-electron chi connectivity index (χ2n) is 4.67. The van der Waals surface area contributed by atoms with Gasteiger partial charge in [0.05, 0.1) is 6.54 Å². The van der Waals surface area contributed by atoms with Gasteiger partial charge in [-0.1, -0.05) is 0 Å². The summed E-state index contributed by atoms with van der Waals surface area (Å²) in [6.45, 7) is 0.625. The Balaban J connectivity index is 1.94. The second kappa shape index (κ2) is 5.84. The van der Waals surface area contributed by atoms with Crippen molar-refractivity contribution in [1.29, 1.82) is 0 Å². The number of phenolic OH excluding ortho intramolecular Hbond substituents is 1. The molecule has 19 heavy (non-hydrogen) atoms. The topological polar surface area (TPSA) is 66.8 Å². The van der Waals surface area contributed by atoms with E-state index in [1.54, 1.807) is 19.2 Å². The smallest absolute Gasteiger partial charge is 0.251 e. The van der Waals surface area contributed by atoms with E-state index in [9.17, 15) is 9.59 Å². The number of likely N-dealkylation sites (N-methyl/N-ethyl adjacent to an activating group) is 1. The summed E-state index contributed by atoms with van der Waals surface area (Å²) in [5, 5.41) is 9.16. The molecule has 102 valence electrons. The van der Waals surface area contributed by atoms with Gasteiger partial charge in [-0.2, -0.15) is 0 Å². The van der Waals surface area contributed by atoms with Gasteiger partial charge in [0.1, 0.15) is 11.9 Å². The predicted molar refractivity (Wildman–Crippen MR) is 69.0 cm³/mol. The van der Waals surface area contributed by atoms with Crippen LogP contribution < -0.4 is 0 Å². The van der Waals surface area contributed by atoms with E-state index in [1.165, 1.54) is 17.0 Å². The van der Waals surface area contributed by atoms with Crippen molar-refractivity contribution in [2.75, 3.05) is 20.2 Å². The fourth-order valence-corrected chi connectivity index (χ4v) is 2.05. The summed E-state index contributed by atoms with van der Waals surface area (Å²) in [5.74, 6) is -0.196. The lowest BCUT2D eigenvalue weighted by Crippen LogP contribution is -2.39. The highest BCUT2D eigenvalue weighted by molar-refractivity contribution is 5.99. The van der Waals surface area contributed by atoms with Crippen LogP contribution in [0.25, 0.3) is 0 Å². The van der Waals surface area contributed by atoms with E-state index >= 15 is 0 Å². The molecule has 1 aliphatic rings. The van der Waals surface area contributed by atoms with E-state index < -0.39 is 6.10 Å². The van der Waals surface area contributed by atoms with Crippen LogP contribution >= 0.6 is 0 Å². The first-order valence-corrected chi connectivity index (χ1v) is 6.27. The molecule has 1 aromatic rings. The Kier molecular flexibility index (Phi) is 4.16. The van der Waals surface area contributed by atoms with Crippen molar-refractivity contribution in [3.05, 3.63) is 29.8 Å².